The van der Waals surface area contributed by atoms with Gasteiger partial charge in [0.05, 0.1) is 0 Å². The van der Waals surface area contributed by atoms with Crippen LogP contribution < -0.4 is 5.32 Å². The number of hydrogen-bond donors (Lipinski definition) is 1. The predicted octanol–water partition coefficient (Wildman–Crippen LogP) is 1.90. The number of thiophene rings is 1. The second-order valence-electron chi connectivity index (χ2n) is 3.79. The summed E-state index contributed by atoms with van der Waals surface area (Å²) in [5.41, 5.74) is 1.12. The van der Waals surface area contributed by atoms with Crippen molar-refractivity contribution >= 4 is 23.2 Å². The average molecular weight is 223 g/mol. The van der Waals surface area contributed by atoms with Gasteiger partial charge >= 0.3 is 0 Å². The molecule has 0 aromatic carbocycles. The molecule has 0 bridgehead atoms. The van der Waals surface area contributed by atoms with Gasteiger partial charge in [0, 0.05) is 18.3 Å². The van der Waals surface area contributed by atoms with Gasteiger partial charge < -0.3 is 0 Å². The first-order chi connectivity index (χ1) is 7.22. The highest BCUT2D eigenvalue weighted by Crippen LogP contribution is 2.34. The lowest BCUT2D eigenvalue weighted by Gasteiger charge is -2.28. The van der Waals surface area contributed by atoms with Crippen LogP contribution in [0, 0.1) is 5.92 Å². The highest BCUT2D eigenvalue weighted by molar-refractivity contribution is 7.08. The first-order valence-corrected chi connectivity index (χ1v) is 6.02. The van der Waals surface area contributed by atoms with E-state index in [9.17, 15) is 9.59 Å². The van der Waals surface area contributed by atoms with Crippen LogP contribution in [0.5, 0.6) is 0 Å². The van der Waals surface area contributed by atoms with Gasteiger partial charge in [-0.15, -0.1) is 0 Å². The highest BCUT2D eigenvalue weighted by Gasteiger charge is 2.35. The number of carbonyl (C=O) groups is 2. The molecule has 0 radical (unpaired) electrons. The Morgan fingerprint density at radius 2 is 2.33 bits per heavy atom. The van der Waals surface area contributed by atoms with E-state index in [0.29, 0.717) is 6.42 Å². The lowest BCUT2D eigenvalue weighted by molar-refractivity contribution is -0.137. The molecule has 15 heavy (non-hydrogen) atoms. The molecule has 2 unspecified atom stereocenters. The van der Waals surface area contributed by atoms with Gasteiger partial charge in [-0.05, 0) is 28.8 Å². The molecule has 0 saturated carbocycles. The maximum Gasteiger partial charge on any atom is 0.230 e. The Morgan fingerprint density at radius 1 is 1.53 bits per heavy atom. The minimum atomic E-state index is -0.152. The molecule has 1 saturated heterocycles. The molecule has 1 aromatic rings. The van der Waals surface area contributed by atoms with Crippen molar-refractivity contribution in [1.82, 2.24) is 5.32 Å². The lowest BCUT2D eigenvalue weighted by Crippen LogP contribution is -2.44. The Labute approximate surface area is 92.5 Å². The number of nitrogens with one attached hydrogen (secondary N) is 1. The van der Waals surface area contributed by atoms with E-state index in [1.807, 2.05) is 23.8 Å². The summed E-state index contributed by atoms with van der Waals surface area (Å²) in [7, 11) is 0. The monoisotopic (exact) mass is 223 g/mol. The van der Waals surface area contributed by atoms with Crippen LogP contribution in [0.25, 0.3) is 0 Å². The topological polar surface area (TPSA) is 46.2 Å². The predicted molar refractivity (Wildman–Crippen MR) is 58.6 cm³/mol. The fourth-order valence-corrected chi connectivity index (χ4v) is 2.84. The van der Waals surface area contributed by atoms with E-state index in [1.54, 1.807) is 11.3 Å². The van der Waals surface area contributed by atoms with E-state index in [1.165, 1.54) is 0 Å². The highest BCUT2D eigenvalue weighted by atomic mass is 32.1. The molecule has 80 valence electrons. The third kappa shape index (κ3) is 1.95. The number of rotatable bonds is 2. The van der Waals surface area contributed by atoms with Crippen LogP contribution >= 0.6 is 11.3 Å². The number of imide groups is 1. The van der Waals surface area contributed by atoms with Crippen molar-refractivity contribution in [3.63, 3.8) is 0 Å². The molecule has 1 aliphatic heterocycles. The van der Waals surface area contributed by atoms with Crippen LogP contribution in [0.1, 0.15) is 31.2 Å². The van der Waals surface area contributed by atoms with E-state index in [-0.39, 0.29) is 23.7 Å². The molecule has 2 amide bonds. The average Bonchev–Trinajstić information content (AvgIpc) is 2.69. The molecular formula is C11H13NO2S. The van der Waals surface area contributed by atoms with Crippen LogP contribution in [0.2, 0.25) is 0 Å². The van der Waals surface area contributed by atoms with Crippen molar-refractivity contribution in [3.05, 3.63) is 22.4 Å². The molecule has 0 spiro atoms. The van der Waals surface area contributed by atoms with Crippen molar-refractivity contribution in [2.75, 3.05) is 0 Å². The molecule has 0 aliphatic carbocycles. The molecule has 1 N–H and O–H groups in total. The molecule has 3 nitrogen and oxygen atoms in total. The largest absolute Gasteiger partial charge is 0.296 e. The van der Waals surface area contributed by atoms with Gasteiger partial charge in [-0.3, -0.25) is 14.9 Å². The van der Waals surface area contributed by atoms with Gasteiger partial charge in [0.2, 0.25) is 11.8 Å². The quantitative estimate of drug-likeness (QED) is 0.778. The number of piperidine rings is 1. The van der Waals surface area contributed by atoms with Crippen molar-refractivity contribution in [2.24, 2.45) is 5.92 Å². The second-order valence-corrected chi connectivity index (χ2v) is 4.57. The summed E-state index contributed by atoms with van der Waals surface area (Å²) in [4.78, 5) is 22.9. The van der Waals surface area contributed by atoms with E-state index >= 15 is 0 Å². The molecule has 1 aliphatic rings. The zero-order chi connectivity index (χ0) is 10.8. The summed E-state index contributed by atoms with van der Waals surface area (Å²) in [6.45, 7) is 1.99. The summed E-state index contributed by atoms with van der Waals surface area (Å²) in [6.07, 6.45) is 1.21. The van der Waals surface area contributed by atoms with Gasteiger partial charge in [-0.1, -0.05) is 6.92 Å². The molecule has 2 heterocycles. The number of carbonyl (C=O) groups excluding carboxylic acids is 2. The van der Waals surface area contributed by atoms with Crippen molar-refractivity contribution < 1.29 is 9.59 Å². The summed E-state index contributed by atoms with van der Waals surface area (Å²) in [5, 5.41) is 6.41. The molecule has 1 aromatic heterocycles. The van der Waals surface area contributed by atoms with Crippen molar-refractivity contribution in [3.8, 4) is 0 Å². The Balaban J connectivity index is 2.27. The molecular weight excluding hydrogens is 210 g/mol. The van der Waals surface area contributed by atoms with Crippen LogP contribution in [0.4, 0.5) is 0 Å². The lowest BCUT2D eigenvalue weighted by atomic mass is 9.80. The number of amides is 2. The summed E-state index contributed by atoms with van der Waals surface area (Å²) in [5.74, 6) is -0.259. The van der Waals surface area contributed by atoms with E-state index in [0.717, 1.165) is 12.0 Å². The van der Waals surface area contributed by atoms with Crippen LogP contribution in [0.15, 0.2) is 16.8 Å². The smallest absolute Gasteiger partial charge is 0.230 e. The van der Waals surface area contributed by atoms with Crippen LogP contribution in [-0.4, -0.2) is 11.8 Å². The minimum absolute atomic E-state index is 0.0581. The van der Waals surface area contributed by atoms with Gasteiger partial charge in [-0.25, -0.2) is 0 Å². The molecule has 2 rings (SSSR count). The maximum absolute atomic E-state index is 11.6. The first kappa shape index (κ1) is 10.4. The minimum Gasteiger partial charge on any atom is -0.296 e. The third-order valence-electron chi connectivity index (χ3n) is 2.90. The number of hydrogen-bond acceptors (Lipinski definition) is 3. The maximum atomic E-state index is 11.6. The molecule has 2 atom stereocenters. The Kier molecular flexibility index (Phi) is 2.86. The SMILES string of the molecule is CCC1C(=O)NC(=O)CC1c1ccsc1. The van der Waals surface area contributed by atoms with E-state index in [4.69, 9.17) is 0 Å². The van der Waals surface area contributed by atoms with Gasteiger partial charge in [0.15, 0.2) is 0 Å². The molecule has 4 heteroatoms. The first-order valence-electron chi connectivity index (χ1n) is 5.08. The fourth-order valence-electron chi connectivity index (χ4n) is 2.11. The van der Waals surface area contributed by atoms with Gasteiger partial charge in [0.25, 0.3) is 0 Å². The van der Waals surface area contributed by atoms with Gasteiger partial charge in [-0.2, -0.15) is 11.3 Å². The second kappa shape index (κ2) is 4.14. The van der Waals surface area contributed by atoms with E-state index < -0.39 is 0 Å². The zero-order valence-electron chi connectivity index (χ0n) is 8.53. The zero-order valence-corrected chi connectivity index (χ0v) is 9.34. The third-order valence-corrected chi connectivity index (χ3v) is 3.60. The van der Waals surface area contributed by atoms with Crippen LogP contribution in [0.3, 0.4) is 0 Å². The van der Waals surface area contributed by atoms with Gasteiger partial charge in [0.1, 0.15) is 0 Å². The van der Waals surface area contributed by atoms with Crippen molar-refractivity contribution in [1.29, 1.82) is 0 Å². The van der Waals surface area contributed by atoms with Crippen molar-refractivity contribution in [2.45, 2.75) is 25.7 Å². The standard InChI is InChI=1S/C11H13NO2S/c1-2-8-9(7-3-4-15-6-7)5-10(13)12-11(8)14/h3-4,6,8-9H,2,5H2,1H3,(H,12,13,14). The summed E-state index contributed by atoms with van der Waals surface area (Å²) < 4.78 is 0. The fraction of sp³-hybridized carbons (Fsp3) is 0.455. The summed E-state index contributed by atoms with van der Waals surface area (Å²) in [6, 6.07) is 2.00. The Hall–Kier alpha value is -1.16. The van der Waals surface area contributed by atoms with Crippen LogP contribution in [-0.2, 0) is 9.59 Å². The summed E-state index contributed by atoms with van der Waals surface area (Å²) >= 11 is 1.61. The normalized spacial score (nSPS) is 26.5. The van der Waals surface area contributed by atoms with E-state index in [2.05, 4.69) is 5.32 Å². The molecule has 1 fully saturated rings. The Morgan fingerprint density at radius 3 is 2.93 bits per heavy atom. The Bertz CT molecular complexity index is 372.